The minimum absolute atomic E-state index is 0.0278. The van der Waals surface area contributed by atoms with Crippen molar-refractivity contribution in [1.29, 1.82) is 0 Å². The fourth-order valence-corrected chi connectivity index (χ4v) is 0.0643. The highest BCUT2D eigenvalue weighted by Gasteiger charge is 2.20. The molecule has 0 radical (unpaired) electrons. The number of hydrogen-bond donors (Lipinski definition) is 0. The zero-order chi connectivity index (χ0) is 5.86. The van der Waals surface area contributed by atoms with E-state index in [0.717, 1.165) is 0 Å². The van der Waals surface area contributed by atoms with E-state index in [4.69, 9.17) is 0 Å². The number of nitroso groups, excluding NO2 is 1. The zero-order valence-electron chi connectivity index (χ0n) is 4.26. The third kappa shape index (κ3) is 1.92. The highest BCUT2D eigenvalue weighted by atomic mass is 16.3. The first-order chi connectivity index (χ1) is 3.18. The molecule has 0 heterocycles. The maximum atomic E-state index is 10.0. The molecule has 0 aliphatic rings. The highest BCUT2D eigenvalue weighted by molar-refractivity contribution is 5.88. The monoisotopic (exact) mass is 100 g/mol. The van der Waals surface area contributed by atoms with Crippen LogP contribution in [0, 0.1) is 10.9 Å². The molecule has 0 aromatic rings. The Morgan fingerprint density at radius 2 is 2.14 bits per heavy atom. The van der Waals surface area contributed by atoms with Crippen LogP contribution in [0.4, 0.5) is 0 Å². The molecule has 3 heteroatoms. The fraction of sp³-hybridized carbons (Fsp3) is 0.500. The molecule has 0 spiro atoms. The lowest BCUT2D eigenvalue weighted by molar-refractivity contribution is -0.115. The van der Waals surface area contributed by atoms with Crippen molar-refractivity contribution in [3.63, 3.8) is 0 Å². The van der Waals surface area contributed by atoms with E-state index in [9.17, 15) is 9.70 Å². The molecule has 0 aliphatic heterocycles. The van der Waals surface area contributed by atoms with Crippen molar-refractivity contribution in [2.24, 2.45) is 5.18 Å². The second-order valence-corrected chi connectivity index (χ2v) is 1.23. The molecule has 0 aliphatic carbocycles. The van der Waals surface area contributed by atoms with Gasteiger partial charge in [-0.25, -0.2) is 4.79 Å². The Bertz CT molecular complexity index is 89.7. The van der Waals surface area contributed by atoms with Crippen LogP contribution in [0.25, 0.3) is 0 Å². The van der Waals surface area contributed by atoms with Gasteiger partial charge in [0.15, 0.2) is 5.18 Å². The first-order valence-corrected chi connectivity index (χ1v) is 1.86. The Morgan fingerprint density at radius 1 is 1.71 bits per heavy atom. The van der Waals surface area contributed by atoms with Gasteiger partial charge < -0.3 is 0 Å². The molecule has 0 rings (SSSR count). The van der Waals surface area contributed by atoms with Gasteiger partial charge in [-0.3, -0.25) is 0 Å². The number of rotatable bonds is 2. The summed E-state index contributed by atoms with van der Waals surface area (Å²) in [7, 11) is 0. The van der Waals surface area contributed by atoms with Gasteiger partial charge in [0.1, 0.15) is 6.92 Å². The second-order valence-electron chi connectivity index (χ2n) is 1.23. The maximum Gasteiger partial charge on any atom is 0.339 e. The molecule has 0 unspecified atom stereocenters. The van der Waals surface area contributed by atoms with Crippen molar-refractivity contribution in [2.45, 2.75) is 13.8 Å². The Kier molecular flexibility index (Phi) is 2.05. The zero-order valence-corrected chi connectivity index (χ0v) is 4.26. The summed E-state index contributed by atoms with van der Waals surface area (Å²) in [5.74, 6) is -0.269. The first kappa shape index (κ1) is 6.14. The molecule has 0 saturated carbocycles. The van der Waals surface area contributed by atoms with E-state index in [1.54, 1.807) is 0 Å². The second kappa shape index (κ2) is 2.34. The summed E-state index contributed by atoms with van der Waals surface area (Å²) < 4.78 is 0. The largest absolute Gasteiger partial charge is 0.339 e. The van der Waals surface area contributed by atoms with Crippen molar-refractivity contribution in [3.8, 4) is 0 Å². The molecule has 0 N–H and O–H groups in total. The van der Waals surface area contributed by atoms with Gasteiger partial charge in [-0.1, -0.05) is 0 Å². The summed E-state index contributed by atoms with van der Waals surface area (Å²) in [4.78, 5) is 19.5. The molecule has 0 atom stereocenters. The van der Waals surface area contributed by atoms with Gasteiger partial charge in [-0.2, -0.15) is 0 Å². The molecule has 0 saturated heterocycles. The van der Waals surface area contributed by atoms with E-state index in [0.29, 0.717) is 0 Å². The average molecular weight is 100 g/mol. The minimum atomic E-state index is -0.269. The Labute approximate surface area is 41.7 Å². The van der Waals surface area contributed by atoms with Crippen molar-refractivity contribution in [3.05, 3.63) is 10.9 Å². The first-order valence-electron chi connectivity index (χ1n) is 1.86. The number of carbonyl (C=O) groups excluding carboxylic acids is 1. The van der Waals surface area contributed by atoms with Crippen LogP contribution in [0.2, 0.25) is 0 Å². The summed E-state index contributed by atoms with van der Waals surface area (Å²) in [5, 5.41) is 2.41. The fourth-order valence-electron chi connectivity index (χ4n) is 0.0643. The molecule has 3 nitrogen and oxygen atoms in total. The van der Waals surface area contributed by atoms with Gasteiger partial charge in [0.25, 0.3) is 0 Å². The van der Waals surface area contributed by atoms with Crippen LogP contribution in [0.5, 0.6) is 0 Å². The molecule has 0 fully saturated rings. The van der Waals surface area contributed by atoms with E-state index >= 15 is 0 Å². The summed E-state index contributed by atoms with van der Waals surface area (Å²) in [5.41, 5.74) is 0. The smallest absolute Gasteiger partial charge is 0.241 e. The topological polar surface area (TPSA) is 46.5 Å². The number of Topliss-reactive ketones (excluding diaryl/α,β-unsaturated/α-hetero) is 1. The summed E-state index contributed by atoms with van der Waals surface area (Å²) in [6.45, 7) is 2.69. The lowest BCUT2D eigenvalue weighted by Crippen LogP contribution is -1.97. The Balaban J connectivity index is 3.55. The number of nitrogens with zero attached hydrogens (tertiary/aromatic N) is 1. The average Bonchev–Trinajstić information content (AvgIpc) is 1.65. The van der Waals surface area contributed by atoms with Crippen LogP contribution in [0.1, 0.15) is 13.8 Å². The summed E-state index contributed by atoms with van der Waals surface area (Å²) in [6, 6.07) is 0.0278. The lowest BCUT2D eigenvalue weighted by atomic mass is 10.3. The summed E-state index contributed by atoms with van der Waals surface area (Å²) >= 11 is 0. The van der Waals surface area contributed by atoms with Crippen molar-refractivity contribution in [2.75, 3.05) is 0 Å². The van der Waals surface area contributed by atoms with Crippen LogP contribution in [-0.2, 0) is 4.79 Å². The predicted octanol–water partition coefficient (Wildman–Crippen LogP) is 0.894. The van der Waals surface area contributed by atoms with Crippen LogP contribution in [-0.4, -0.2) is 5.78 Å². The van der Waals surface area contributed by atoms with Gasteiger partial charge in [-0.05, 0) is 0 Å². The number of hydrogen-bond acceptors (Lipinski definition) is 3. The van der Waals surface area contributed by atoms with E-state index in [1.807, 2.05) is 0 Å². The quantitative estimate of drug-likeness (QED) is 0.382. The van der Waals surface area contributed by atoms with E-state index < -0.39 is 0 Å². The third-order valence-electron chi connectivity index (χ3n) is 0.646. The molecule has 0 aromatic carbocycles. The van der Waals surface area contributed by atoms with Crippen LogP contribution in [0.15, 0.2) is 5.18 Å². The number of carbonyl (C=O) groups is 1. The standard InChI is InChI=1S/C4H6NO2/c1-3(5-7)4(2)6/h1-2H3/q+1. The predicted molar refractivity (Wildman–Crippen MR) is 25.4 cm³/mol. The molecule has 0 aromatic heterocycles. The van der Waals surface area contributed by atoms with Crippen LogP contribution in [0.3, 0.4) is 0 Å². The minimum Gasteiger partial charge on any atom is -0.241 e. The van der Waals surface area contributed by atoms with Gasteiger partial charge in [-0.15, -0.1) is 4.91 Å². The highest BCUT2D eigenvalue weighted by Crippen LogP contribution is 1.97. The molecule has 0 bridgehead atoms. The molecule has 7 heavy (non-hydrogen) atoms. The van der Waals surface area contributed by atoms with E-state index in [1.165, 1.54) is 13.8 Å². The Morgan fingerprint density at radius 3 is 2.14 bits per heavy atom. The van der Waals surface area contributed by atoms with Gasteiger partial charge in [0.05, 0.1) is 0 Å². The van der Waals surface area contributed by atoms with Crippen LogP contribution < -0.4 is 0 Å². The SMILES string of the molecule is CC(=O)[C+](C)N=O. The molecule has 0 amide bonds. The summed E-state index contributed by atoms with van der Waals surface area (Å²) in [6.07, 6.45) is 0. The third-order valence-corrected chi connectivity index (χ3v) is 0.646. The van der Waals surface area contributed by atoms with Gasteiger partial charge >= 0.3 is 11.8 Å². The normalized spacial score (nSPS) is 7.71. The van der Waals surface area contributed by atoms with Crippen molar-refractivity contribution >= 4 is 5.78 Å². The van der Waals surface area contributed by atoms with Crippen molar-refractivity contribution < 1.29 is 4.79 Å². The molecular weight excluding hydrogens is 94.0 g/mol. The molecule has 38 valence electrons. The van der Waals surface area contributed by atoms with Crippen LogP contribution >= 0.6 is 0 Å². The maximum absolute atomic E-state index is 10.0. The lowest BCUT2D eigenvalue weighted by Gasteiger charge is -1.72. The number of ketones is 1. The van der Waals surface area contributed by atoms with Gasteiger partial charge in [0.2, 0.25) is 0 Å². The van der Waals surface area contributed by atoms with E-state index in [-0.39, 0.29) is 11.8 Å². The molecular formula is C4H6NO2+. The van der Waals surface area contributed by atoms with Gasteiger partial charge in [0, 0.05) is 6.92 Å². The van der Waals surface area contributed by atoms with Crippen molar-refractivity contribution in [1.82, 2.24) is 0 Å². The van der Waals surface area contributed by atoms with E-state index in [2.05, 4.69) is 5.18 Å². The Hall–Kier alpha value is -0.860.